The number of aliphatic hydroxyl groups excluding tert-OH is 1. The second-order valence-corrected chi connectivity index (χ2v) is 5.92. The minimum atomic E-state index is -0.308. The van der Waals surface area contributed by atoms with Crippen molar-refractivity contribution in [3.63, 3.8) is 0 Å². The molecular formula is C17H27NO2. The molecule has 112 valence electrons. The van der Waals surface area contributed by atoms with Crippen molar-refractivity contribution in [1.82, 2.24) is 5.32 Å². The third-order valence-electron chi connectivity index (χ3n) is 3.51. The van der Waals surface area contributed by atoms with E-state index in [9.17, 15) is 9.90 Å². The van der Waals surface area contributed by atoms with E-state index in [1.807, 2.05) is 6.92 Å². The predicted octanol–water partition coefficient (Wildman–Crippen LogP) is 2.76. The van der Waals surface area contributed by atoms with Gasteiger partial charge in [-0.1, -0.05) is 30.7 Å². The van der Waals surface area contributed by atoms with E-state index >= 15 is 0 Å². The summed E-state index contributed by atoms with van der Waals surface area (Å²) in [6.07, 6.45) is 1.71. The molecule has 0 bridgehead atoms. The van der Waals surface area contributed by atoms with Gasteiger partial charge in [-0.05, 0) is 50.7 Å². The molecule has 0 spiro atoms. The minimum absolute atomic E-state index is 0.0856. The largest absolute Gasteiger partial charge is 0.393 e. The summed E-state index contributed by atoms with van der Waals surface area (Å²) in [6.45, 7) is 8.62. The van der Waals surface area contributed by atoms with E-state index in [2.05, 4.69) is 37.4 Å². The van der Waals surface area contributed by atoms with Crippen LogP contribution in [0.3, 0.4) is 0 Å². The van der Waals surface area contributed by atoms with Crippen molar-refractivity contribution in [2.24, 2.45) is 5.92 Å². The van der Waals surface area contributed by atoms with Gasteiger partial charge in [0.15, 0.2) is 0 Å². The molecule has 0 saturated heterocycles. The number of hydrogen-bond acceptors (Lipinski definition) is 2. The van der Waals surface area contributed by atoms with Gasteiger partial charge in [-0.15, -0.1) is 0 Å². The van der Waals surface area contributed by atoms with Crippen LogP contribution in [0, 0.1) is 19.8 Å². The Labute approximate surface area is 122 Å². The number of nitrogens with one attached hydrogen (secondary N) is 1. The number of carbonyl (C=O) groups is 1. The van der Waals surface area contributed by atoms with Crippen molar-refractivity contribution in [2.45, 2.75) is 53.1 Å². The van der Waals surface area contributed by atoms with Gasteiger partial charge in [-0.2, -0.15) is 0 Å². The van der Waals surface area contributed by atoms with Crippen LogP contribution in [0.25, 0.3) is 0 Å². The molecule has 1 amide bonds. The molecule has 0 aromatic heterocycles. The highest BCUT2D eigenvalue weighted by molar-refractivity contribution is 5.76. The van der Waals surface area contributed by atoms with Gasteiger partial charge < -0.3 is 10.4 Å². The number of aryl methyl sites for hydroxylation is 3. The standard InChI is InChI=1S/C17H27NO2/c1-12-5-6-16(14(3)9-12)7-8-17(20)18-11-13(2)10-15(4)19/h5-6,9,13,15,19H,7-8,10-11H2,1-4H3,(H,18,20). The van der Waals surface area contributed by atoms with Gasteiger partial charge in [0, 0.05) is 13.0 Å². The first-order valence-electron chi connectivity index (χ1n) is 7.39. The summed E-state index contributed by atoms with van der Waals surface area (Å²) in [5.41, 5.74) is 3.74. The number of amides is 1. The Kier molecular flexibility index (Phi) is 6.73. The highest BCUT2D eigenvalue weighted by Crippen LogP contribution is 2.12. The van der Waals surface area contributed by atoms with Crippen molar-refractivity contribution in [3.8, 4) is 0 Å². The molecular weight excluding hydrogens is 250 g/mol. The summed E-state index contributed by atoms with van der Waals surface area (Å²) in [5.74, 6) is 0.391. The summed E-state index contributed by atoms with van der Waals surface area (Å²) in [4.78, 5) is 11.8. The smallest absolute Gasteiger partial charge is 0.220 e. The lowest BCUT2D eigenvalue weighted by atomic mass is 10.0. The fraction of sp³-hybridized carbons (Fsp3) is 0.588. The van der Waals surface area contributed by atoms with Gasteiger partial charge in [0.25, 0.3) is 0 Å². The van der Waals surface area contributed by atoms with Crippen LogP contribution in [0.15, 0.2) is 18.2 Å². The highest BCUT2D eigenvalue weighted by Gasteiger charge is 2.09. The highest BCUT2D eigenvalue weighted by atomic mass is 16.3. The molecule has 0 radical (unpaired) electrons. The number of hydrogen-bond donors (Lipinski definition) is 2. The maximum atomic E-state index is 11.8. The second kappa shape index (κ2) is 8.05. The van der Waals surface area contributed by atoms with Crippen LogP contribution in [-0.4, -0.2) is 23.7 Å². The van der Waals surface area contributed by atoms with Crippen LogP contribution >= 0.6 is 0 Å². The zero-order valence-corrected chi connectivity index (χ0v) is 13.1. The zero-order valence-electron chi connectivity index (χ0n) is 13.1. The molecule has 2 unspecified atom stereocenters. The predicted molar refractivity (Wildman–Crippen MR) is 82.7 cm³/mol. The molecule has 2 N–H and O–H groups in total. The summed E-state index contributed by atoms with van der Waals surface area (Å²) in [5, 5.41) is 12.2. The maximum absolute atomic E-state index is 11.8. The molecule has 3 nitrogen and oxygen atoms in total. The van der Waals surface area contributed by atoms with Crippen LogP contribution in [0.2, 0.25) is 0 Å². The van der Waals surface area contributed by atoms with Gasteiger partial charge in [0.1, 0.15) is 0 Å². The van der Waals surface area contributed by atoms with Crippen molar-refractivity contribution in [3.05, 3.63) is 34.9 Å². The van der Waals surface area contributed by atoms with E-state index in [1.165, 1.54) is 16.7 Å². The molecule has 1 aromatic rings. The lowest BCUT2D eigenvalue weighted by molar-refractivity contribution is -0.121. The van der Waals surface area contributed by atoms with Crippen molar-refractivity contribution < 1.29 is 9.90 Å². The molecule has 0 saturated carbocycles. The second-order valence-electron chi connectivity index (χ2n) is 5.92. The van der Waals surface area contributed by atoms with Crippen LogP contribution < -0.4 is 5.32 Å². The molecule has 0 fully saturated rings. The van der Waals surface area contributed by atoms with E-state index < -0.39 is 0 Å². The van der Waals surface area contributed by atoms with Crippen LogP contribution in [-0.2, 0) is 11.2 Å². The van der Waals surface area contributed by atoms with Crippen molar-refractivity contribution in [1.29, 1.82) is 0 Å². The first-order valence-corrected chi connectivity index (χ1v) is 7.39. The Balaban J connectivity index is 2.33. The van der Waals surface area contributed by atoms with Gasteiger partial charge in [-0.3, -0.25) is 4.79 Å². The molecule has 3 heteroatoms. The molecule has 1 rings (SSSR count). The number of rotatable bonds is 7. The first kappa shape index (κ1) is 16.7. The molecule has 0 aliphatic rings. The third-order valence-corrected chi connectivity index (χ3v) is 3.51. The lowest BCUT2D eigenvalue weighted by Gasteiger charge is -2.14. The Morgan fingerprint density at radius 3 is 2.60 bits per heavy atom. The van der Waals surface area contributed by atoms with Gasteiger partial charge in [0.05, 0.1) is 6.10 Å². The fourth-order valence-corrected chi connectivity index (χ4v) is 2.42. The summed E-state index contributed by atoms with van der Waals surface area (Å²) in [7, 11) is 0. The Bertz CT molecular complexity index is 441. The average molecular weight is 277 g/mol. The van der Waals surface area contributed by atoms with Crippen LogP contribution in [0.5, 0.6) is 0 Å². The number of benzene rings is 1. The van der Waals surface area contributed by atoms with Gasteiger partial charge in [-0.25, -0.2) is 0 Å². The lowest BCUT2D eigenvalue weighted by Crippen LogP contribution is -2.29. The van der Waals surface area contributed by atoms with Crippen LogP contribution in [0.4, 0.5) is 0 Å². The average Bonchev–Trinajstić information content (AvgIpc) is 2.34. The monoisotopic (exact) mass is 277 g/mol. The molecule has 0 aliphatic heterocycles. The molecule has 2 atom stereocenters. The fourth-order valence-electron chi connectivity index (χ4n) is 2.42. The van der Waals surface area contributed by atoms with Crippen molar-refractivity contribution >= 4 is 5.91 Å². The molecule has 20 heavy (non-hydrogen) atoms. The minimum Gasteiger partial charge on any atom is -0.393 e. The molecule has 1 aromatic carbocycles. The van der Waals surface area contributed by atoms with E-state index in [-0.39, 0.29) is 12.0 Å². The van der Waals surface area contributed by atoms with Gasteiger partial charge >= 0.3 is 0 Å². The summed E-state index contributed by atoms with van der Waals surface area (Å²) < 4.78 is 0. The first-order chi connectivity index (χ1) is 9.38. The zero-order chi connectivity index (χ0) is 15.1. The molecule has 0 aliphatic carbocycles. The Hall–Kier alpha value is -1.35. The Morgan fingerprint density at radius 1 is 1.30 bits per heavy atom. The van der Waals surface area contributed by atoms with E-state index in [1.54, 1.807) is 6.92 Å². The van der Waals surface area contributed by atoms with E-state index in [4.69, 9.17) is 0 Å². The maximum Gasteiger partial charge on any atom is 0.220 e. The van der Waals surface area contributed by atoms with Crippen molar-refractivity contribution in [2.75, 3.05) is 6.54 Å². The normalized spacial score (nSPS) is 13.8. The number of carbonyl (C=O) groups excluding carboxylic acids is 1. The van der Waals surface area contributed by atoms with E-state index in [0.717, 1.165) is 12.8 Å². The SMILES string of the molecule is Cc1ccc(CCC(=O)NCC(C)CC(C)O)c(C)c1. The van der Waals surface area contributed by atoms with Crippen LogP contribution in [0.1, 0.15) is 43.4 Å². The quantitative estimate of drug-likeness (QED) is 0.805. The molecule has 0 heterocycles. The Morgan fingerprint density at radius 2 is 2.00 bits per heavy atom. The third kappa shape index (κ3) is 6.20. The number of aliphatic hydroxyl groups is 1. The van der Waals surface area contributed by atoms with Gasteiger partial charge in [0.2, 0.25) is 5.91 Å². The van der Waals surface area contributed by atoms with E-state index in [0.29, 0.717) is 18.9 Å². The summed E-state index contributed by atoms with van der Waals surface area (Å²) in [6, 6.07) is 6.34. The topological polar surface area (TPSA) is 49.3 Å². The summed E-state index contributed by atoms with van der Waals surface area (Å²) >= 11 is 0.